The summed E-state index contributed by atoms with van der Waals surface area (Å²) in [7, 11) is 0. The Kier molecular flexibility index (Phi) is 6.24. The highest BCUT2D eigenvalue weighted by molar-refractivity contribution is 5.77. The van der Waals surface area contributed by atoms with Gasteiger partial charge in [-0.3, -0.25) is 4.90 Å². The Morgan fingerprint density at radius 2 is 1.80 bits per heavy atom. The number of benzene rings is 1. The molecule has 0 spiro atoms. The molecule has 1 aromatic heterocycles. The van der Waals surface area contributed by atoms with Gasteiger partial charge in [-0.25, -0.2) is 9.97 Å². The number of hydrogen-bond acceptors (Lipinski definition) is 4. The fraction of sp³-hybridized carbons (Fsp3) is 0.308. The summed E-state index contributed by atoms with van der Waals surface area (Å²) in [5.74, 6) is 0.962. The van der Waals surface area contributed by atoms with E-state index in [1.165, 1.54) is 18.4 Å². The molecule has 0 fully saturated rings. The summed E-state index contributed by atoms with van der Waals surface area (Å²) in [5.41, 5.74) is 5.41. The van der Waals surface area contributed by atoms with Crippen molar-refractivity contribution >= 4 is 5.57 Å². The van der Waals surface area contributed by atoms with Gasteiger partial charge in [0.15, 0.2) is 5.82 Å². The predicted molar refractivity (Wildman–Crippen MR) is 123 cm³/mol. The van der Waals surface area contributed by atoms with E-state index in [2.05, 4.69) is 43.1 Å². The van der Waals surface area contributed by atoms with E-state index in [4.69, 9.17) is 9.97 Å². The highest BCUT2D eigenvalue weighted by Crippen LogP contribution is 2.30. The van der Waals surface area contributed by atoms with Crippen LogP contribution in [0.25, 0.3) is 17.0 Å². The molecule has 0 saturated heterocycles. The number of aromatic hydroxyl groups is 1. The summed E-state index contributed by atoms with van der Waals surface area (Å²) in [4.78, 5) is 12.5. The monoisotopic (exact) mass is 399 g/mol. The number of phenolic OH excluding ortho intramolecular Hbond substituents is 1. The SMILES string of the molecule is CCCC(C)N1CCc2c(nc(-c3ccc(O)cc3)nc2C2=CC=CC=CC=C2)C1. The van der Waals surface area contributed by atoms with Crippen LogP contribution < -0.4 is 0 Å². The predicted octanol–water partition coefficient (Wildman–Crippen LogP) is 5.46. The molecule has 4 rings (SSSR count). The van der Waals surface area contributed by atoms with E-state index in [0.717, 1.165) is 42.0 Å². The van der Waals surface area contributed by atoms with Crippen LogP contribution in [-0.2, 0) is 13.0 Å². The van der Waals surface area contributed by atoms with Gasteiger partial charge in [0.1, 0.15) is 5.75 Å². The van der Waals surface area contributed by atoms with Crippen LogP contribution in [0.3, 0.4) is 0 Å². The molecule has 4 heteroatoms. The largest absolute Gasteiger partial charge is 0.508 e. The Morgan fingerprint density at radius 1 is 1.03 bits per heavy atom. The second-order valence-electron chi connectivity index (χ2n) is 7.98. The molecule has 0 radical (unpaired) electrons. The van der Waals surface area contributed by atoms with Crippen LogP contribution in [0.4, 0.5) is 0 Å². The molecule has 30 heavy (non-hydrogen) atoms. The first-order valence-corrected chi connectivity index (χ1v) is 10.8. The molecule has 1 N–H and O–H groups in total. The first-order valence-electron chi connectivity index (χ1n) is 10.8. The fourth-order valence-corrected chi connectivity index (χ4v) is 4.13. The van der Waals surface area contributed by atoms with Crippen LogP contribution in [0.15, 0.2) is 66.8 Å². The molecule has 1 atom stereocenters. The van der Waals surface area contributed by atoms with Crippen molar-refractivity contribution in [1.82, 2.24) is 14.9 Å². The Balaban J connectivity index is 1.80. The van der Waals surface area contributed by atoms with Gasteiger partial charge >= 0.3 is 0 Å². The van der Waals surface area contributed by atoms with Crippen LogP contribution in [0.1, 0.15) is 43.6 Å². The van der Waals surface area contributed by atoms with Gasteiger partial charge in [0.05, 0.1) is 11.4 Å². The van der Waals surface area contributed by atoms with Crippen LogP contribution >= 0.6 is 0 Å². The maximum atomic E-state index is 9.68. The maximum absolute atomic E-state index is 9.68. The van der Waals surface area contributed by atoms with Gasteiger partial charge < -0.3 is 5.11 Å². The number of hydrogen-bond donors (Lipinski definition) is 1. The van der Waals surface area contributed by atoms with Gasteiger partial charge in [0, 0.05) is 35.8 Å². The first kappa shape index (κ1) is 20.3. The summed E-state index contributed by atoms with van der Waals surface area (Å²) >= 11 is 0. The highest BCUT2D eigenvalue weighted by Gasteiger charge is 2.26. The standard InChI is InChI=1S/C26H29N3O/c1-3-9-19(2)29-17-16-23-24(18-29)27-26(21-12-14-22(30)15-13-21)28-25(23)20-10-7-5-4-6-8-11-20/h4-8,10-15,19,30H,3,9,16-18H2,1-2H3. The zero-order valence-corrected chi connectivity index (χ0v) is 17.8. The second-order valence-corrected chi connectivity index (χ2v) is 7.98. The molecule has 2 aliphatic rings. The van der Waals surface area contributed by atoms with Crippen molar-refractivity contribution in [3.63, 3.8) is 0 Å². The Bertz CT molecular complexity index is 1020. The van der Waals surface area contributed by atoms with E-state index >= 15 is 0 Å². The summed E-state index contributed by atoms with van der Waals surface area (Å²) in [6.45, 7) is 6.45. The van der Waals surface area contributed by atoms with Gasteiger partial charge in [-0.15, -0.1) is 0 Å². The van der Waals surface area contributed by atoms with E-state index in [1.54, 1.807) is 12.1 Å². The lowest BCUT2D eigenvalue weighted by molar-refractivity contribution is 0.178. The normalized spacial score (nSPS) is 17.2. The summed E-state index contributed by atoms with van der Waals surface area (Å²) in [5, 5.41) is 9.68. The lowest BCUT2D eigenvalue weighted by Crippen LogP contribution is -2.38. The van der Waals surface area contributed by atoms with Crippen LogP contribution in [0, 0.1) is 0 Å². The van der Waals surface area contributed by atoms with Crippen molar-refractivity contribution in [2.75, 3.05) is 6.54 Å². The second kappa shape index (κ2) is 9.23. The van der Waals surface area contributed by atoms with E-state index in [1.807, 2.05) is 30.4 Å². The van der Waals surface area contributed by atoms with Crippen molar-refractivity contribution in [3.05, 3.63) is 83.7 Å². The molecule has 0 amide bonds. The van der Waals surface area contributed by atoms with Crippen molar-refractivity contribution in [2.45, 2.75) is 45.7 Å². The van der Waals surface area contributed by atoms with E-state index in [0.29, 0.717) is 11.9 Å². The molecule has 1 aliphatic carbocycles. The number of fused-ring (bicyclic) bond motifs is 1. The minimum absolute atomic E-state index is 0.249. The van der Waals surface area contributed by atoms with Crippen molar-refractivity contribution in [3.8, 4) is 17.1 Å². The third-order valence-electron chi connectivity index (χ3n) is 5.82. The average Bonchev–Trinajstić information content (AvgIpc) is 2.73. The van der Waals surface area contributed by atoms with Gasteiger partial charge in [0.25, 0.3) is 0 Å². The lowest BCUT2D eigenvalue weighted by atomic mass is 9.95. The summed E-state index contributed by atoms with van der Waals surface area (Å²) < 4.78 is 0. The third-order valence-corrected chi connectivity index (χ3v) is 5.82. The van der Waals surface area contributed by atoms with Crippen LogP contribution in [0.5, 0.6) is 5.75 Å². The number of phenols is 1. The van der Waals surface area contributed by atoms with Gasteiger partial charge in [-0.05, 0) is 44.0 Å². The molecule has 2 aromatic rings. The van der Waals surface area contributed by atoms with Crippen molar-refractivity contribution < 1.29 is 5.11 Å². The highest BCUT2D eigenvalue weighted by atomic mass is 16.3. The molecule has 1 aliphatic heterocycles. The minimum Gasteiger partial charge on any atom is -0.508 e. The molecular formula is C26H29N3O. The molecular weight excluding hydrogens is 370 g/mol. The minimum atomic E-state index is 0.249. The maximum Gasteiger partial charge on any atom is 0.160 e. The zero-order chi connectivity index (χ0) is 20.9. The van der Waals surface area contributed by atoms with Gasteiger partial charge in [0.2, 0.25) is 0 Å². The molecule has 4 nitrogen and oxygen atoms in total. The third kappa shape index (κ3) is 4.44. The smallest absolute Gasteiger partial charge is 0.160 e. The Morgan fingerprint density at radius 3 is 2.60 bits per heavy atom. The Labute approximate surface area is 179 Å². The number of rotatable bonds is 5. The number of nitrogens with zero attached hydrogens (tertiary/aromatic N) is 3. The van der Waals surface area contributed by atoms with E-state index in [-0.39, 0.29) is 5.75 Å². The number of allylic oxidation sites excluding steroid dienone is 8. The fourth-order valence-electron chi connectivity index (χ4n) is 4.13. The van der Waals surface area contributed by atoms with Crippen LogP contribution in [-0.4, -0.2) is 32.6 Å². The Hall–Kier alpha value is -2.98. The van der Waals surface area contributed by atoms with E-state index in [9.17, 15) is 5.11 Å². The summed E-state index contributed by atoms with van der Waals surface area (Å²) in [6, 6.07) is 7.69. The molecule has 0 saturated carbocycles. The zero-order valence-electron chi connectivity index (χ0n) is 17.8. The van der Waals surface area contributed by atoms with E-state index < -0.39 is 0 Å². The van der Waals surface area contributed by atoms with Crippen molar-refractivity contribution in [1.29, 1.82) is 0 Å². The summed E-state index contributed by atoms with van der Waals surface area (Å²) in [6.07, 6.45) is 17.8. The van der Waals surface area contributed by atoms with Gasteiger partial charge in [-0.1, -0.05) is 55.9 Å². The molecule has 2 heterocycles. The average molecular weight is 400 g/mol. The van der Waals surface area contributed by atoms with Crippen LogP contribution in [0.2, 0.25) is 0 Å². The quantitative estimate of drug-likeness (QED) is 0.725. The number of aromatic nitrogens is 2. The molecule has 0 bridgehead atoms. The van der Waals surface area contributed by atoms with Gasteiger partial charge in [-0.2, -0.15) is 0 Å². The lowest BCUT2D eigenvalue weighted by Gasteiger charge is -2.34. The van der Waals surface area contributed by atoms with Crippen molar-refractivity contribution in [2.24, 2.45) is 0 Å². The molecule has 1 unspecified atom stereocenters. The molecule has 154 valence electrons. The molecule has 1 aromatic carbocycles. The first-order chi connectivity index (χ1) is 14.7. The topological polar surface area (TPSA) is 49.2 Å².